The van der Waals surface area contributed by atoms with Gasteiger partial charge in [0.15, 0.2) is 0 Å². The average Bonchev–Trinajstić information content (AvgIpc) is 2.73. The Morgan fingerprint density at radius 3 is 2.39 bits per heavy atom. The number of benzene rings is 1. The number of anilines is 3. The van der Waals surface area contributed by atoms with Crippen molar-refractivity contribution in [1.29, 1.82) is 0 Å². The van der Waals surface area contributed by atoms with Gasteiger partial charge < -0.3 is 15.1 Å². The molecule has 2 saturated heterocycles. The van der Waals surface area contributed by atoms with Gasteiger partial charge in [-0.1, -0.05) is 29.0 Å². The largest absolute Gasteiger partial charge is 0.371 e. The zero-order valence-corrected chi connectivity index (χ0v) is 21.9. The summed E-state index contributed by atoms with van der Waals surface area (Å²) in [5.74, 6) is -2.13. The highest BCUT2D eigenvalue weighted by molar-refractivity contribution is 9.10. The second kappa shape index (κ2) is 9.29. The summed E-state index contributed by atoms with van der Waals surface area (Å²) in [6.07, 6.45) is -0.437. The van der Waals surface area contributed by atoms with Crippen LogP contribution in [-0.2, 0) is 0 Å². The fraction of sp³-hybridized carbons (Fsp3) is 0.522. The lowest BCUT2D eigenvalue weighted by atomic mass is 10.1. The van der Waals surface area contributed by atoms with Crippen LogP contribution in [0.1, 0.15) is 28.9 Å². The van der Waals surface area contributed by atoms with Gasteiger partial charge in [0, 0.05) is 55.3 Å². The molecule has 0 bridgehead atoms. The van der Waals surface area contributed by atoms with Gasteiger partial charge in [0.25, 0.3) is 11.8 Å². The summed E-state index contributed by atoms with van der Waals surface area (Å²) in [7, 11) is -1.15. The number of amides is 1. The molecule has 3 heterocycles. The van der Waals surface area contributed by atoms with Gasteiger partial charge in [-0.05, 0) is 37.2 Å². The molecule has 0 spiro atoms. The first-order valence-electron chi connectivity index (χ1n) is 11.4. The summed E-state index contributed by atoms with van der Waals surface area (Å²) in [4.78, 5) is 26.2. The Morgan fingerprint density at radius 1 is 1.06 bits per heavy atom. The highest BCUT2D eigenvalue weighted by atomic mass is 79.9. The van der Waals surface area contributed by atoms with Crippen LogP contribution in [-0.4, -0.2) is 56.1 Å². The molecule has 4 rings (SSSR count). The number of carbonyl (C=O) groups is 1. The number of aryl methyl sites for hydroxylation is 1. The molecule has 2 fully saturated rings. The fourth-order valence-electron chi connectivity index (χ4n) is 4.29. The molecule has 178 valence electrons. The van der Waals surface area contributed by atoms with Crippen molar-refractivity contribution in [3.8, 4) is 0 Å². The maximum atomic E-state index is 13.5. The number of nitrogens with zero attached hydrogens (tertiary/aromatic N) is 4. The Morgan fingerprint density at radius 2 is 1.73 bits per heavy atom. The Hall–Kier alpha value is -2.07. The van der Waals surface area contributed by atoms with Crippen LogP contribution < -0.4 is 15.1 Å². The maximum absolute atomic E-state index is 13.5. The number of piperidine rings is 1. The number of alkyl halides is 2. The topological polar surface area (TPSA) is 61.4 Å². The van der Waals surface area contributed by atoms with Gasteiger partial charge in [-0.25, -0.2) is 13.8 Å². The van der Waals surface area contributed by atoms with Gasteiger partial charge in [0.1, 0.15) is 5.82 Å². The molecule has 1 amide bonds. The Kier molecular flexibility index (Phi) is 6.77. The van der Waals surface area contributed by atoms with Crippen LogP contribution in [0.5, 0.6) is 0 Å². The number of aromatic nitrogens is 2. The second-order valence-corrected chi connectivity index (χ2v) is 16.0. The van der Waals surface area contributed by atoms with E-state index in [4.69, 9.17) is 0 Å². The van der Waals surface area contributed by atoms with Gasteiger partial charge in [-0.2, -0.15) is 4.98 Å². The van der Waals surface area contributed by atoms with E-state index in [1.807, 2.05) is 25.1 Å². The zero-order valence-electron chi connectivity index (χ0n) is 19.3. The summed E-state index contributed by atoms with van der Waals surface area (Å²) < 4.78 is 28.0. The molecule has 0 radical (unpaired) electrons. The van der Waals surface area contributed by atoms with Crippen molar-refractivity contribution >= 4 is 47.4 Å². The van der Waals surface area contributed by atoms with E-state index in [9.17, 15) is 13.6 Å². The van der Waals surface area contributed by atoms with E-state index in [2.05, 4.69) is 49.2 Å². The van der Waals surface area contributed by atoms with Gasteiger partial charge >= 0.3 is 0 Å². The number of nitrogens with one attached hydrogen (secondary N) is 1. The van der Waals surface area contributed by atoms with Crippen molar-refractivity contribution in [2.45, 2.75) is 50.9 Å². The number of rotatable bonds is 4. The molecule has 33 heavy (non-hydrogen) atoms. The molecule has 10 heteroatoms. The van der Waals surface area contributed by atoms with E-state index < -0.39 is 14.0 Å². The van der Waals surface area contributed by atoms with Crippen LogP contribution in [0.4, 0.5) is 26.2 Å². The quantitative estimate of drug-likeness (QED) is 0.517. The molecule has 2 aromatic rings. The van der Waals surface area contributed by atoms with Crippen molar-refractivity contribution in [2.75, 3.05) is 41.3 Å². The minimum Gasteiger partial charge on any atom is -0.371 e. The van der Waals surface area contributed by atoms with E-state index in [-0.39, 0.29) is 31.8 Å². The van der Waals surface area contributed by atoms with Crippen LogP contribution in [0.2, 0.25) is 25.2 Å². The SMILES string of the molecule is Cc1cc(NC(=O)c2ccc(Br)cc2N2CC[Si](C)(C)CC2)nc(N2CCC(F)(F)CC2)n1. The molecule has 0 aliphatic carbocycles. The Bertz CT molecular complexity index is 1030. The number of halogens is 3. The molecule has 2 aliphatic heterocycles. The van der Waals surface area contributed by atoms with Crippen molar-refractivity contribution < 1.29 is 13.6 Å². The minimum absolute atomic E-state index is 0.190. The Balaban J connectivity index is 1.54. The smallest absolute Gasteiger partial charge is 0.258 e. The molecule has 1 aromatic heterocycles. The predicted octanol–water partition coefficient (Wildman–Crippen LogP) is 5.56. The van der Waals surface area contributed by atoms with Crippen molar-refractivity contribution in [2.24, 2.45) is 0 Å². The number of hydrogen-bond donors (Lipinski definition) is 1. The van der Waals surface area contributed by atoms with Crippen LogP contribution in [0, 0.1) is 6.92 Å². The van der Waals surface area contributed by atoms with Gasteiger partial charge in [0.2, 0.25) is 5.95 Å². The van der Waals surface area contributed by atoms with Crippen molar-refractivity contribution in [1.82, 2.24) is 9.97 Å². The molecular formula is C23H30BrF2N5OSi. The number of hydrogen-bond acceptors (Lipinski definition) is 5. The molecule has 2 aliphatic rings. The Labute approximate surface area is 202 Å². The third-order valence-corrected chi connectivity index (χ3v) is 10.2. The average molecular weight is 539 g/mol. The lowest BCUT2D eigenvalue weighted by molar-refractivity contribution is -0.0222. The molecular weight excluding hydrogens is 508 g/mol. The van der Waals surface area contributed by atoms with E-state index in [1.54, 1.807) is 11.0 Å². The van der Waals surface area contributed by atoms with Gasteiger partial charge in [-0.15, -0.1) is 0 Å². The minimum atomic E-state index is -2.64. The monoisotopic (exact) mass is 537 g/mol. The van der Waals surface area contributed by atoms with Crippen LogP contribution in [0.15, 0.2) is 28.7 Å². The summed E-state index contributed by atoms with van der Waals surface area (Å²) in [6.45, 7) is 8.92. The molecule has 0 saturated carbocycles. The third kappa shape index (κ3) is 5.89. The molecule has 1 aromatic carbocycles. The first-order valence-corrected chi connectivity index (χ1v) is 15.6. The fourth-order valence-corrected chi connectivity index (χ4v) is 6.64. The summed E-state index contributed by atoms with van der Waals surface area (Å²) in [5.41, 5.74) is 2.18. The first-order chi connectivity index (χ1) is 15.5. The lowest BCUT2D eigenvalue weighted by Gasteiger charge is -2.37. The highest BCUT2D eigenvalue weighted by Gasteiger charge is 2.35. The highest BCUT2D eigenvalue weighted by Crippen LogP contribution is 2.32. The van der Waals surface area contributed by atoms with Gasteiger partial charge in [0.05, 0.1) is 19.3 Å². The van der Waals surface area contributed by atoms with Crippen LogP contribution >= 0.6 is 15.9 Å². The van der Waals surface area contributed by atoms with Crippen molar-refractivity contribution in [3.63, 3.8) is 0 Å². The first kappa shape index (κ1) is 24.1. The molecule has 6 nitrogen and oxygen atoms in total. The molecule has 0 atom stereocenters. The summed E-state index contributed by atoms with van der Waals surface area (Å²) in [5, 5.41) is 2.91. The normalized spacial score (nSPS) is 19.9. The van der Waals surface area contributed by atoms with E-state index >= 15 is 0 Å². The maximum Gasteiger partial charge on any atom is 0.258 e. The number of carbonyl (C=O) groups excluding carboxylic acids is 1. The standard InChI is InChI=1S/C23H30BrF2N5OSi/c1-16-14-20(29-22(27-16)31-8-6-23(25,26)7-9-31)28-21(32)18-5-4-17(24)15-19(18)30-10-12-33(2,3)13-11-30/h4-5,14-15H,6-13H2,1-3H3,(H,27,28,29,32). The van der Waals surface area contributed by atoms with Crippen LogP contribution in [0.3, 0.4) is 0 Å². The molecule has 1 N–H and O–H groups in total. The van der Waals surface area contributed by atoms with E-state index in [1.165, 1.54) is 12.1 Å². The van der Waals surface area contributed by atoms with E-state index in [0.29, 0.717) is 23.0 Å². The van der Waals surface area contributed by atoms with Crippen LogP contribution in [0.25, 0.3) is 0 Å². The zero-order chi connectivity index (χ0) is 23.8. The summed E-state index contributed by atoms with van der Waals surface area (Å²) in [6, 6.07) is 9.79. The summed E-state index contributed by atoms with van der Waals surface area (Å²) >= 11 is 3.54. The molecule has 0 unspecified atom stereocenters. The predicted molar refractivity (Wildman–Crippen MR) is 135 cm³/mol. The van der Waals surface area contributed by atoms with Gasteiger partial charge in [-0.3, -0.25) is 4.79 Å². The van der Waals surface area contributed by atoms with E-state index in [0.717, 1.165) is 23.2 Å². The lowest BCUT2D eigenvalue weighted by Crippen LogP contribution is -2.43. The van der Waals surface area contributed by atoms with Crippen molar-refractivity contribution in [3.05, 3.63) is 40.0 Å². The third-order valence-electron chi connectivity index (χ3n) is 6.52. The second-order valence-electron chi connectivity index (χ2n) is 9.80.